The standard InChI is InChI=1S/C68H131N2O6P/c1-6-8-10-12-14-16-18-20-22-24-26-28-30-31-32-33-34-35-36-37-38-39-40-42-44-46-48-50-52-54-56-58-60-62-68(72)69-66(65-76-77(73,74)75-64-63-70(3,4)5)67(71)61-59-57-55-53-51-49-47-45-43-41-29-27-25-23-21-19-17-15-13-11-9-7-2/h26,28,31-32,51,53,59,61,66-67,71H,6-25,27,29-30,33-50,52,54-58,60,62-65H2,1-5H3,(H-,69,72,73,74)/p+1/b28-26-,32-31-,53-51+,61-59+. The van der Waals surface area contributed by atoms with Gasteiger partial charge in [-0.25, -0.2) is 4.57 Å². The third kappa shape index (κ3) is 61.9. The van der Waals surface area contributed by atoms with Crippen LogP contribution in [0.25, 0.3) is 0 Å². The minimum atomic E-state index is -4.36. The number of carbonyl (C=O) groups is 1. The van der Waals surface area contributed by atoms with E-state index in [2.05, 4.69) is 55.6 Å². The maximum absolute atomic E-state index is 13.0. The van der Waals surface area contributed by atoms with E-state index < -0.39 is 20.0 Å². The molecule has 0 aromatic heterocycles. The fourth-order valence-corrected chi connectivity index (χ4v) is 10.8. The fraction of sp³-hybridized carbons (Fsp3) is 0.868. The summed E-state index contributed by atoms with van der Waals surface area (Å²) in [4.78, 5) is 23.4. The Balaban J connectivity index is 4.08. The van der Waals surface area contributed by atoms with Crippen LogP contribution in [-0.2, 0) is 18.4 Å². The van der Waals surface area contributed by atoms with E-state index in [1.165, 1.54) is 263 Å². The third-order valence-corrected chi connectivity index (χ3v) is 16.3. The van der Waals surface area contributed by atoms with Crippen molar-refractivity contribution in [2.75, 3.05) is 40.9 Å². The highest BCUT2D eigenvalue weighted by molar-refractivity contribution is 7.47. The van der Waals surface area contributed by atoms with Gasteiger partial charge in [-0.2, -0.15) is 0 Å². The number of amides is 1. The maximum Gasteiger partial charge on any atom is 0.472 e. The minimum Gasteiger partial charge on any atom is -0.387 e. The Hall–Kier alpha value is -1.54. The van der Waals surface area contributed by atoms with Gasteiger partial charge in [0.2, 0.25) is 5.91 Å². The Morgan fingerprint density at radius 1 is 0.442 bits per heavy atom. The van der Waals surface area contributed by atoms with Crippen LogP contribution in [0.15, 0.2) is 48.6 Å². The monoisotopic (exact) mass is 1100 g/mol. The number of phosphoric ester groups is 1. The van der Waals surface area contributed by atoms with Crippen molar-refractivity contribution in [2.45, 2.75) is 341 Å². The van der Waals surface area contributed by atoms with Gasteiger partial charge in [0.25, 0.3) is 0 Å². The number of nitrogens with one attached hydrogen (secondary N) is 1. The number of nitrogens with zero attached hydrogens (tertiary/aromatic N) is 1. The Morgan fingerprint density at radius 2 is 0.753 bits per heavy atom. The summed E-state index contributed by atoms with van der Waals surface area (Å²) < 4.78 is 23.8. The van der Waals surface area contributed by atoms with Crippen molar-refractivity contribution in [2.24, 2.45) is 0 Å². The van der Waals surface area contributed by atoms with Gasteiger partial charge in [0.15, 0.2) is 0 Å². The van der Waals surface area contributed by atoms with Gasteiger partial charge in [-0.05, 0) is 64.2 Å². The summed E-state index contributed by atoms with van der Waals surface area (Å²) >= 11 is 0. The van der Waals surface area contributed by atoms with E-state index in [-0.39, 0.29) is 19.1 Å². The van der Waals surface area contributed by atoms with Gasteiger partial charge in [-0.1, -0.05) is 306 Å². The predicted molar refractivity (Wildman–Crippen MR) is 337 cm³/mol. The molecule has 0 heterocycles. The van der Waals surface area contributed by atoms with Crippen molar-refractivity contribution in [3.8, 4) is 0 Å². The van der Waals surface area contributed by atoms with Gasteiger partial charge in [0, 0.05) is 6.42 Å². The van der Waals surface area contributed by atoms with E-state index in [1.807, 2.05) is 27.2 Å². The summed E-state index contributed by atoms with van der Waals surface area (Å²) in [6, 6.07) is -0.864. The number of hydrogen-bond donors (Lipinski definition) is 3. The number of allylic oxidation sites excluding steroid dienone is 7. The molecule has 0 fully saturated rings. The number of phosphoric acid groups is 1. The molecule has 1 amide bonds. The van der Waals surface area contributed by atoms with E-state index in [0.717, 1.165) is 44.9 Å². The van der Waals surface area contributed by atoms with Crippen LogP contribution in [0.5, 0.6) is 0 Å². The van der Waals surface area contributed by atoms with E-state index in [4.69, 9.17) is 9.05 Å². The first kappa shape index (κ1) is 75.5. The van der Waals surface area contributed by atoms with Crippen molar-refractivity contribution in [3.05, 3.63) is 48.6 Å². The number of hydrogen-bond acceptors (Lipinski definition) is 5. The van der Waals surface area contributed by atoms with Crippen LogP contribution in [0, 0.1) is 0 Å². The molecule has 0 saturated heterocycles. The van der Waals surface area contributed by atoms with Gasteiger partial charge in [-0.3, -0.25) is 13.8 Å². The molecular formula is C68H132N2O6P+. The van der Waals surface area contributed by atoms with Gasteiger partial charge in [-0.15, -0.1) is 0 Å². The summed E-state index contributed by atoms with van der Waals surface area (Å²) in [5, 5.41) is 14.0. The lowest BCUT2D eigenvalue weighted by Gasteiger charge is -2.25. The van der Waals surface area contributed by atoms with Crippen molar-refractivity contribution in [1.29, 1.82) is 0 Å². The fourth-order valence-electron chi connectivity index (χ4n) is 10.0. The van der Waals surface area contributed by atoms with Gasteiger partial charge < -0.3 is 19.8 Å². The summed E-state index contributed by atoms with van der Waals surface area (Å²) in [6.07, 6.45) is 79.7. The molecule has 0 aliphatic carbocycles. The average molecular weight is 1100 g/mol. The van der Waals surface area contributed by atoms with Gasteiger partial charge >= 0.3 is 7.82 Å². The molecule has 0 spiro atoms. The van der Waals surface area contributed by atoms with Crippen LogP contribution in [0.4, 0.5) is 0 Å². The molecule has 9 heteroatoms. The van der Waals surface area contributed by atoms with Gasteiger partial charge in [0.05, 0.1) is 39.9 Å². The Labute approximate surface area is 479 Å². The van der Waals surface area contributed by atoms with Crippen LogP contribution in [-0.4, -0.2) is 73.4 Å². The predicted octanol–water partition coefficient (Wildman–Crippen LogP) is 21.1. The number of aliphatic hydroxyl groups excluding tert-OH is 1. The molecule has 0 aliphatic rings. The molecular weight excluding hydrogens is 972 g/mol. The van der Waals surface area contributed by atoms with Gasteiger partial charge in [0.1, 0.15) is 13.2 Å². The second kappa shape index (κ2) is 59.1. The molecule has 0 bridgehead atoms. The highest BCUT2D eigenvalue weighted by Crippen LogP contribution is 2.43. The van der Waals surface area contributed by atoms with Crippen LogP contribution < -0.4 is 5.32 Å². The molecule has 0 radical (unpaired) electrons. The number of likely N-dealkylation sites (N-methyl/N-ethyl adjacent to an activating group) is 1. The largest absolute Gasteiger partial charge is 0.472 e. The molecule has 3 atom stereocenters. The van der Waals surface area contributed by atoms with Crippen molar-refractivity contribution in [3.63, 3.8) is 0 Å². The lowest BCUT2D eigenvalue weighted by atomic mass is 10.0. The first-order chi connectivity index (χ1) is 37.5. The number of rotatable bonds is 62. The first-order valence-electron chi connectivity index (χ1n) is 33.5. The zero-order valence-corrected chi connectivity index (χ0v) is 52.9. The second-order valence-corrected chi connectivity index (χ2v) is 25.6. The lowest BCUT2D eigenvalue weighted by molar-refractivity contribution is -0.870. The van der Waals surface area contributed by atoms with Crippen molar-refractivity contribution >= 4 is 13.7 Å². The Bertz CT molecular complexity index is 1390. The van der Waals surface area contributed by atoms with E-state index >= 15 is 0 Å². The molecule has 3 unspecified atom stereocenters. The average Bonchev–Trinajstić information content (AvgIpc) is 3.39. The molecule has 3 N–H and O–H groups in total. The molecule has 0 aromatic carbocycles. The molecule has 454 valence electrons. The molecule has 0 rings (SSSR count). The molecule has 77 heavy (non-hydrogen) atoms. The summed E-state index contributed by atoms with van der Waals surface area (Å²) in [5.41, 5.74) is 0. The summed E-state index contributed by atoms with van der Waals surface area (Å²) in [6.45, 7) is 4.84. The second-order valence-electron chi connectivity index (χ2n) is 24.2. The smallest absolute Gasteiger partial charge is 0.387 e. The number of quaternary nitrogens is 1. The normalized spacial score (nSPS) is 14.0. The van der Waals surface area contributed by atoms with Crippen molar-refractivity contribution < 1.29 is 32.9 Å². The van der Waals surface area contributed by atoms with Crippen LogP contribution in [0.1, 0.15) is 328 Å². The van der Waals surface area contributed by atoms with E-state index in [9.17, 15) is 19.4 Å². The zero-order valence-electron chi connectivity index (χ0n) is 52.0. The first-order valence-corrected chi connectivity index (χ1v) is 35.0. The molecule has 8 nitrogen and oxygen atoms in total. The van der Waals surface area contributed by atoms with Crippen LogP contribution in [0.3, 0.4) is 0 Å². The summed E-state index contributed by atoms with van der Waals surface area (Å²) in [5.74, 6) is -0.182. The van der Waals surface area contributed by atoms with Crippen LogP contribution in [0.2, 0.25) is 0 Å². The maximum atomic E-state index is 13.0. The minimum absolute atomic E-state index is 0.0568. The Kier molecular flexibility index (Phi) is 57.9. The van der Waals surface area contributed by atoms with E-state index in [1.54, 1.807) is 6.08 Å². The topological polar surface area (TPSA) is 105 Å². The number of carbonyl (C=O) groups excluding carboxylic acids is 1. The Morgan fingerprint density at radius 3 is 1.12 bits per heavy atom. The highest BCUT2D eigenvalue weighted by atomic mass is 31.2. The lowest BCUT2D eigenvalue weighted by Crippen LogP contribution is -2.45. The van der Waals surface area contributed by atoms with Crippen molar-refractivity contribution in [1.82, 2.24) is 5.32 Å². The summed E-state index contributed by atoms with van der Waals surface area (Å²) in [7, 11) is 1.57. The highest BCUT2D eigenvalue weighted by Gasteiger charge is 2.28. The van der Waals surface area contributed by atoms with Crippen LogP contribution >= 0.6 is 7.82 Å². The SMILES string of the molecule is CCCCCCCCCCC/C=C\C/C=C\CCCCCCCCCCCCCCCCCCCC(=O)NC(COP(=O)(O)OCC[N+](C)(C)C)C(O)/C=C/CC/C=C/CCCCCCCCCCCCCCCCCC. The number of unbranched alkanes of at least 4 members (excludes halogenated alkanes) is 43. The molecule has 0 aromatic rings. The zero-order chi connectivity index (χ0) is 56.3. The molecule has 0 saturated carbocycles. The number of aliphatic hydroxyl groups is 1. The third-order valence-electron chi connectivity index (χ3n) is 15.3. The molecule has 0 aliphatic heterocycles. The van der Waals surface area contributed by atoms with E-state index in [0.29, 0.717) is 17.4 Å². The quantitative estimate of drug-likeness (QED) is 0.0243.